The molecule has 3 aromatic carbocycles. The highest BCUT2D eigenvalue weighted by atomic mass is 32.2. The number of benzene rings is 3. The van der Waals surface area contributed by atoms with E-state index >= 15 is 0 Å². The van der Waals surface area contributed by atoms with Gasteiger partial charge in [0, 0.05) is 5.75 Å². The molecule has 0 aliphatic heterocycles. The van der Waals surface area contributed by atoms with Crippen molar-refractivity contribution in [3.8, 4) is 17.5 Å². The van der Waals surface area contributed by atoms with Crippen LogP contribution in [0.1, 0.15) is 42.0 Å². The fraction of sp³-hybridized carbons (Fsp3) is 0.241. The Hall–Kier alpha value is -3.61. The van der Waals surface area contributed by atoms with Crippen LogP contribution in [-0.4, -0.2) is 33.9 Å². The highest BCUT2D eigenvalue weighted by molar-refractivity contribution is 7.98. The average Bonchev–Trinajstić information content (AvgIpc) is 2.92. The number of aryl methyl sites for hydroxylation is 2. The van der Waals surface area contributed by atoms with Crippen LogP contribution in [0, 0.1) is 13.8 Å². The number of methoxy groups -OCH3 is 1. The molecular weight excluding hydrogens is 585 g/mol. The Labute approximate surface area is 245 Å². The van der Waals surface area contributed by atoms with Gasteiger partial charge in [-0.3, -0.25) is 0 Å². The van der Waals surface area contributed by atoms with Gasteiger partial charge in [0.15, 0.2) is 5.16 Å². The van der Waals surface area contributed by atoms with Gasteiger partial charge in [-0.2, -0.15) is 26.8 Å². The minimum absolute atomic E-state index is 0.0707. The van der Waals surface area contributed by atoms with E-state index in [4.69, 9.17) is 13.1 Å². The van der Waals surface area contributed by atoms with E-state index in [1.165, 1.54) is 36.0 Å². The summed E-state index contributed by atoms with van der Waals surface area (Å²) in [6.07, 6.45) is 0. The smallest absolute Gasteiger partial charge is 0.340 e. The van der Waals surface area contributed by atoms with E-state index in [0.29, 0.717) is 11.5 Å². The first-order valence-electron chi connectivity index (χ1n) is 12.6. The van der Waals surface area contributed by atoms with Gasteiger partial charge in [0.05, 0.1) is 12.7 Å². The normalized spacial score (nSPS) is 11.9. The highest BCUT2D eigenvalue weighted by Crippen LogP contribution is 2.38. The first kappa shape index (κ1) is 30.4. The van der Waals surface area contributed by atoms with Crippen LogP contribution >= 0.6 is 11.8 Å². The molecule has 0 radical (unpaired) electrons. The fourth-order valence-electron chi connectivity index (χ4n) is 3.68. The fourth-order valence-corrected chi connectivity index (χ4v) is 6.26. The van der Waals surface area contributed by atoms with Gasteiger partial charge in [-0.15, -0.1) is 0 Å². The lowest BCUT2D eigenvalue weighted by Crippen LogP contribution is -2.17. The zero-order valence-corrected chi connectivity index (χ0v) is 25.6. The van der Waals surface area contributed by atoms with Gasteiger partial charge in [-0.1, -0.05) is 73.1 Å². The molecule has 0 N–H and O–H groups in total. The molecule has 12 heteroatoms. The molecule has 4 aromatic rings. The molecular formula is C29H30N2O7S3. The molecule has 1 heterocycles. The van der Waals surface area contributed by atoms with Crippen LogP contribution in [0.5, 0.6) is 17.5 Å². The first-order valence-corrected chi connectivity index (χ1v) is 16.4. The molecule has 0 amide bonds. The van der Waals surface area contributed by atoms with Crippen molar-refractivity contribution in [3.63, 3.8) is 0 Å². The standard InChI is InChI=1S/C29H30N2O7S3/c1-19(2)26-27(37-40(32,33)24-14-6-20(3)7-15-24)30-29(39-18-22-10-12-23(36-5)13-11-22)31-28(26)38-41(34,35)25-16-8-21(4)9-17-25/h6-17,19H,18H2,1-5H3. The highest BCUT2D eigenvalue weighted by Gasteiger charge is 2.29. The summed E-state index contributed by atoms with van der Waals surface area (Å²) in [6, 6.07) is 19.7. The van der Waals surface area contributed by atoms with Crippen molar-refractivity contribution in [3.05, 3.63) is 95.1 Å². The van der Waals surface area contributed by atoms with Crippen molar-refractivity contribution < 1.29 is 29.9 Å². The maximum Gasteiger partial charge on any atom is 0.340 e. The maximum atomic E-state index is 13.2. The van der Waals surface area contributed by atoms with Gasteiger partial charge in [0.1, 0.15) is 15.5 Å². The van der Waals surface area contributed by atoms with Crippen molar-refractivity contribution in [1.82, 2.24) is 9.97 Å². The Morgan fingerprint density at radius 2 is 1.15 bits per heavy atom. The van der Waals surface area contributed by atoms with Crippen LogP contribution in [0.2, 0.25) is 0 Å². The maximum absolute atomic E-state index is 13.2. The zero-order chi connectivity index (χ0) is 29.8. The number of hydrogen-bond acceptors (Lipinski definition) is 10. The lowest BCUT2D eigenvalue weighted by atomic mass is 10.1. The summed E-state index contributed by atoms with van der Waals surface area (Å²) in [5.74, 6) is 0.0375. The molecule has 0 unspecified atom stereocenters. The summed E-state index contributed by atoms with van der Waals surface area (Å²) < 4.78 is 69.2. The number of nitrogens with zero attached hydrogens (tertiary/aromatic N) is 2. The van der Waals surface area contributed by atoms with E-state index in [0.717, 1.165) is 16.7 Å². The molecule has 0 aliphatic rings. The van der Waals surface area contributed by atoms with E-state index < -0.39 is 26.2 Å². The van der Waals surface area contributed by atoms with Gasteiger partial charge < -0.3 is 13.1 Å². The van der Waals surface area contributed by atoms with Gasteiger partial charge >= 0.3 is 20.2 Å². The number of ether oxygens (including phenoxy) is 1. The second kappa shape index (κ2) is 12.5. The lowest BCUT2D eigenvalue weighted by molar-refractivity contribution is 0.414. The third-order valence-corrected chi connectivity index (χ3v) is 9.33. The van der Waals surface area contributed by atoms with Crippen LogP contribution in [0.15, 0.2) is 87.7 Å². The predicted octanol–water partition coefficient (Wildman–Crippen LogP) is 6.05. The molecule has 41 heavy (non-hydrogen) atoms. The van der Waals surface area contributed by atoms with E-state index in [2.05, 4.69) is 9.97 Å². The molecule has 0 aliphatic carbocycles. The van der Waals surface area contributed by atoms with E-state index in [-0.39, 0.29) is 32.3 Å². The van der Waals surface area contributed by atoms with Crippen molar-refractivity contribution in [2.24, 2.45) is 0 Å². The quantitative estimate of drug-likeness (QED) is 0.112. The second-order valence-electron chi connectivity index (χ2n) is 9.52. The molecule has 0 bridgehead atoms. The summed E-state index contributed by atoms with van der Waals surface area (Å²) in [5, 5.41) is 0.0773. The first-order chi connectivity index (χ1) is 19.4. The average molecular weight is 615 g/mol. The summed E-state index contributed by atoms with van der Waals surface area (Å²) in [7, 11) is -7.05. The van der Waals surface area contributed by atoms with Crippen molar-refractivity contribution in [2.45, 2.75) is 54.3 Å². The van der Waals surface area contributed by atoms with Crippen LogP contribution in [0.4, 0.5) is 0 Å². The van der Waals surface area contributed by atoms with Crippen molar-refractivity contribution in [2.75, 3.05) is 7.11 Å². The van der Waals surface area contributed by atoms with E-state index in [1.807, 2.05) is 38.1 Å². The summed E-state index contributed by atoms with van der Waals surface area (Å²) in [5.41, 5.74) is 2.77. The summed E-state index contributed by atoms with van der Waals surface area (Å²) in [4.78, 5) is 8.65. The van der Waals surface area contributed by atoms with Crippen LogP contribution in [-0.2, 0) is 26.0 Å². The molecule has 9 nitrogen and oxygen atoms in total. The lowest BCUT2D eigenvalue weighted by Gasteiger charge is -2.18. The Morgan fingerprint density at radius 1 is 0.707 bits per heavy atom. The van der Waals surface area contributed by atoms with E-state index in [9.17, 15) is 16.8 Å². The SMILES string of the molecule is COc1ccc(CSc2nc(OS(=O)(=O)c3ccc(C)cc3)c(C(C)C)c(OS(=O)(=O)c3ccc(C)cc3)n2)cc1. The number of thioether (sulfide) groups is 1. The monoisotopic (exact) mass is 614 g/mol. The Bertz CT molecular complexity index is 1620. The zero-order valence-electron chi connectivity index (χ0n) is 23.2. The largest absolute Gasteiger partial charge is 0.497 e. The molecule has 0 saturated heterocycles. The third-order valence-electron chi connectivity index (χ3n) is 5.96. The van der Waals surface area contributed by atoms with Gasteiger partial charge in [-0.05, 0) is 61.7 Å². The van der Waals surface area contributed by atoms with Gasteiger partial charge in [0.25, 0.3) is 0 Å². The summed E-state index contributed by atoms with van der Waals surface area (Å²) in [6.45, 7) is 7.14. The van der Waals surface area contributed by atoms with Crippen LogP contribution in [0.25, 0.3) is 0 Å². The molecule has 4 rings (SSSR count). The van der Waals surface area contributed by atoms with Gasteiger partial charge in [-0.25, -0.2) is 0 Å². The number of hydrogen-bond donors (Lipinski definition) is 0. The molecule has 0 atom stereocenters. The van der Waals surface area contributed by atoms with E-state index in [1.54, 1.807) is 45.2 Å². The second-order valence-corrected chi connectivity index (χ2v) is 13.6. The third kappa shape index (κ3) is 7.57. The minimum atomic E-state index is -4.31. The van der Waals surface area contributed by atoms with Crippen molar-refractivity contribution >= 4 is 32.0 Å². The Balaban J connectivity index is 1.77. The Kier molecular flexibility index (Phi) is 9.25. The van der Waals surface area contributed by atoms with Gasteiger partial charge in [0.2, 0.25) is 11.8 Å². The molecule has 1 aromatic heterocycles. The predicted molar refractivity (Wildman–Crippen MR) is 157 cm³/mol. The number of rotatable bonds is 11. The summed E-state index contributed by atoms with van der Waals surface area (Å²) >= 11 is 1.17. The minimum Gasteiger partial charge on any atom is -0.497 e. The number of aromatic nitrogens is 2. The Morgan fingerprint density at radius 3 is 1.54 bits per heavy atom. The van der Waals surface area contributed by atoms with Crippen molar-refractivity contribution in [1.29, 1.82) is 0 Å². The molecule has 0 spiro atoms. The molecule has 0 fully saturated rings. The molecule has 216 valence electrons. The topological polar surface area (TPSA) is 122 Å². The van der Waals surface area contributed by atoms with Crippen LogP contribution in [0.3, 0.4) is 0 Å². The van der Waals surface area contributed by atoms with Crippen LogP contribution < -0.4 is 13.1 Å². The molecule has 0 saturated carbocycles.